The Morgan fingerprint density at radius 3 is 2.57 bits per heavy atom. The molecule has 1 atom stereocenters. The van der Waals surface area contributed by atoms with E-state index in [0.29, 0.717) is 17.8 Å². The van der Waals surface area contributed by atoms with Gasteiger partial charge in [0.2, 0.25) is 5.95 Å². The maximum Gasteiger partial charge on any atom is 0.421 e. The molecule has 1 aromatic carbocycles. The minimum absolute atomic E-state index is 0.0574. The van der Waals surface area contributed by atoms with Gasteiger partial charge in [0.25, 0.3) is 0 Å². The molecule has 1 aliphatic rings. The Morgan fingerprint density at radius 1 is 1.18 bits per heavy atom. The van der Waals surface area contributed by atoms with Gasteiger partial charge in [0.1, 0.15) is 11.4 Å². The zero-order valence-corrected chi connectivity index (χ0v) is 15.8. The van der Waals surface area contributed by atoms with Gasteiger partial charge in [-0.2, -0.15) is 18.2 Å². The number of aliphatic hydroxyl groups is 1. The summed E-state index contributed by atoms with van der Waals surface area (Å²) in [6, 6.07) is 6.71. The van der Waals surface area contributed by atoms with Crippen molar-refractivity contribution in [1.82, 2.24) is 15.3 Å². The van der Waals surface area contributed by atoms with Gasteiger partial charge >= 0.3 is 6.18 Å². The normalized spacial score (nSPS) is 18.0. The molecule has 1 saturated heterocycles. The highest BCUT2D eigenvalue weighted by atomic mass is 19.4. The number of nitrogens with zero attached hydrogens (tertiary/aromatic N) is 2. The minimum Gasteiger partial charge on any atom is -0.386 e. The van der Waals surface area contributed by atoms with Crippen LogP contribution in [0.5, 0.6) is 0 Å². The highest BCUT2D eigenvalue weighted by molar-refractivity contribution is 5.65. The molecule has 0 saturated carbocycles. The molecule has 0 amide bonds. The maximum absolute atomic E-state index is 13.5. The number of nitrogens with one attached hydrogen (secondary N) is 3. The van der Waals surface area contributed by atoms with E-state index in [9.17, 15) is 18.3 Å². The first-order chi connectivity index (χ1) is 13.1. The predicted molar refractivity (Wildman–Crippen MR) is 102 cm³/mol. The van der Waals surface area contributed by atoms with Crippen molar-refractivity contribution in [2.45, 2.75) is 44.5 Å². The van der Waals surface area contributed by atoms with Crippen LogP contribution in [0.3, 0.4) is 0 Å². The number of benzene rings is 1. The molecule has 3 rings (SSSR count). The summed E-state index contributed by atoms with van der Waals surface area (Å²) in [5, 5.41) is 19.4. The van der Waals surface area contributed by atoms with Gasteiger partial charge < -0.3 is 21.1 Å². The van der Waals surface area contributed by atoms with Gasteiger partial charge in [-0.3, -0.25) is 0 Å². The maximum atomic E-state index is 13.5. The minimum atomic E-state index is -4.61. The molecule has 2 heterocycles. The largest absolute Gasteiger partial charge is 0.421 e. The Morgan fingerprint density at radius 2 is 1.93 bits per heavy atom. The smallest absolute Gasteiger partial charge is 0.386 e. The summed E-state index contributed by atoms with van der Waals surface area (Å²) in [6.45, 7) is 4.77. The van der Waals surface area contributed by atoms with Crippen LogP contribution in [-0.2, 0) is 11.8 Å². The fourth-order valence-corrected chi connectivity index (χ4v) is 3.16. The Balaban J connectivity index is 1.95. The lowest BCUT2D eigenvalue weighted by Crippen LogP contribution is -2.38. The molecule has 4 N–H and O–H groups in total. The zero-order valence-electron chi connectivity index (χ0n) is 15.8. The second-order valence-electron chi connectivity index (χ2n) is 7.37. The molecule has 2 aromatic rings. The number of piperidine rings is 1. The molecule has 6 nitrogen and oxygen atoms in total. The van der Waals surface area contributed by atoms with Crippen LogP contribution in [0, 0.1) is 0 Å². The van der Waals surface area contributed by atoms with Crippen molar-refractivity contribution >= 4 is 17.5 Å². The third-order valence-corrected chi connectivity index (χ3v) is 4.56. The van der Waals surface area contributed by atoms with E-state index in [1.807, 2.05) is 0 Å². The molecule has 0 aliphatic carbocycles. The fraction of sp³-hybridized carbons (Fsp3) is 0.474. The van der Waals surface area contributed by atoms with Crippen LogP contribution < -0.4 is 16.0 Å². The molecule has 1 fully saturated rings. The highest BCUT2D eigenvalue weighted by Gasteiger charge is 2.36. The van der Waals surface area contributed by atoms with Crippen LogP contribution in [0.1, 0.15) is 37.8 Å². The van der Waals surface area contributed by atoms with Crippen molar-refractivity contribution in [3.05, 3.63) is 41.6 Å². The monoisotopic (exact) mass is 395 g/mol. The molecule has 0 unspecified atom stereocenters. The molecular formula is C19H24F3N5O. The number of hydrogen-bond acceptors (Lipinski definition) is 6. The van der Waals surface area contributed by atoms with E-state index in [2.05, 4.69) is 25.9 Å². The second kappa shape index (κ2) is 7.92. The number of anilines is 3. The summed E-state index contributed by atoms with van der Waals surface area (Å²) in [5.41, 5.74) is -1.38. The summed E-state index contributed by atoms with van der Waals surface area (Å²) in [6.07, 6.45) is -1.97. The third-order valence-electron chi connectivity index (χ3n) is 4.56. The molecule has 0 radical (unpaired) electrons. The molecule has 9 heteroatoms. The van der Waals surface area contributed by atoms with Crippen LogP contribution in [0.15, 0.2) is 30.5 Å². The Hall–Kier alpha value is -2.39. The van der Waals surface area contributed by atoms with E-state index in [1.54, 1.807) is 38.1 Å². The first-order valence-electron chi connectivity index (χ1n) is 9.15. The number of hydrogen-bond donors (Lipinski definition) is 4. The quantitative estimate of drug-likeness (QED) is 0.619. The number of halogens is 3. The summed E-state index contributed by atoms with van der Waals surface area (Å²) in [4.78, 5) is 7.94. The molecule has 28 heavy (non-hydrogen) atoms. The van der Waals surface area contributed by atoms with Crippen molar-refractivity contribution in [2.24, 2.45) is 0 Å². The van der Waals surface area contributed by atoms with Crippen molar-refractivity contribution in [3.8, 4) is 0 Å². The van der Waals surface area contributed by atoms with E-state index < -0.39 is 17.3 Å². The fourth-order valence-electron chi connectivity index (χ4n) is 3.16. The number of rotatable bonds is 5. The van der Waals surface area contributed by atoms with E-state index in [-0.39, 0.29) is 17.8 Å². The van der Waals surface area contributed by atoms with Crippen molar-refractivity contribution in [2.75, 3.05) is 23.7 Å². The lowest BCUT2D eigenvalue weighted by atomic mass is 9.96. The first kappa shape index (κ1) is 20.3. The van der Waals surface area contributed by atoms with Crippen molar-refractivity contribution < 1.29 is 18.3 Å². The van der Waals surface area contributed by atoms with Crippen LogP contribution in [-0.4, -0.2) is 34.2 Å². The van der Waals surface area contributed by atoms with Gasteiger partial charge in [0, 0.05) is 30.0 Å². The van der Waals surface area contributed by atoms with Gasteiger partial charge in [-0.1, -0.05) is 18.2 Å². The molecule has 0 bridgehead atoms. The van der Waals surface area contributed by atoms with Crippen LogP contribution >= 0.6 is 0 Å². The Bertz CT molecular complexity index is 814. The van der Waals surface area contributed by atoms with E-state index in [4.69, 9.17) is 0 Å². The van der Waals surface area contributed by atoms with E-state index in [0.717, 1.165) is 25.6 Å². The molecule has 1 aromatic heterocycles. The highest BCUT2D eigenvalue weighted by Crippen LogP contribution is 2.37. The van der Waals surface area contributed by atoms with Crippen LogP contribution in [0.4, 0.5) is 30.6 Å². The van der Waals surface area contributed by atoms with Crippen molar-refractivity contribution in [1.29, 1.82) is 0 Å². The molecular weight excluding hydrogens is 371 g/mol. The summed E-state index contributed by atoms with van der Waals surface area (Å²) in [5.74, 6) is -0.226. The molecule has 0 spiro atoms. The standard InChI is InChI=1S/C19H24F3N5O/c1-18(2,28)13-7-3-4-8-15(13)26-16-14(19(20,21)22)11-24-17(27-16)25-12-6-5-9-23-10-12/h3-4,7-8,11-12,23,28H,5-6,9-10H2,1-2H3,(H2,24,25,26,27)/t12-/m0/s1. The van der Waals surface area contributed by atoms with E-state index >= 15 is 0 Å². The van der Waals surface area contributed by atoms with Gasteiger partial charge in [-0.05, 0) is 39.3 Å². The lowest BCUT2D eigenvalue weighted by molar-refractivity contribution is -0.137. The molecule has 152 valence electrons. The topological polar surface area (TPSA) is 82.1 Å². The Labute approximate surface area is 161 Å². The Kier molecular flexibility index (Phi) is 5.76. The van der Waals surface area contributed by atoms with Crippen LogP contribution in [0.25, 0.3) is 0 Å². The number of aromatic nitrogens is 2. The van der Waals surface area contributed by atoms with Crippen LogP contribution in [0.2, 0.25) is 0 Å². The average Bonchev–Trinajstić information content (AvgIpc) is 2.61. The SMILES string of the molecule is CC(C)(O)c1ccccc1Nc1nc(N[C@H]2CCCNC2)ncc1C(F)(F)F. The zero-order chi connectivity index (χ0) is 20.4. The van der Waals surface area contributed by atoms with Gasteiger partial charge in [0.05, 0.1) is 5.60 Å². The summed E-state index contributed by atoms with van der Waals surface area (Å²) >= 11 is 0. The number of para-hydroxylation sites is 1. The molecule has 1 aliphatic heterocycles. The van der Waals surface area contributed by atoms with Gasteiger partial charge in [-0.25, -0.2) is 4.98 Å². The van der Waals surface area contributed by atoms with Crippen molar-refractivity contribution in [3.63, 3.8) is 0 Å². The van der Waals surface area contributed by atoms with Gasteiger partial charge in [-0.15, -0.1) is 0 Å². The first-order valence-corrected chi connectivity index (χ1v) is 9.15. The lowest BCUT2D eigenvalue weighted by Gasteiger charge is -2.25. The summed E-state index contributed by atoms with van der Waals surface area (Å²) < 4.78 is 40.4. The second-order valence-corrected chi connectivity index (χ2v) is 7.37. The predicted octanol–water partition coefficient (Wildman–Crippen LogP) is 3.63. The third kappa shape index (κ3) is 4.90. The summed E-state index contributed by atoms with van der Waals surface area (Å²) in [7, 11) is 0. The van der Waals surface area contributed by atoms with E-state index in [1.165, 1.54) is 0 Å². The average molecular weight is 395 g/mol. The number of alkyl halides is 3. The van der Waals surface area contributed by atoms with Gasteiger partial charge in [0.15, 0.2) is 0 Å².